The molecule has 158 valence electrons. The molecular weight excluding hydrogens is 392 g/mol. The highest BCUT2D eigenvalue weighted by Gasteiger charge is 2.49. The molecule has 0 unspecified atom stereocenters. The topological polar surface area (TPSA) is 64.3 Å². The molecule has 0 bridgehead atoms. The third-order valence-electron chi connectivity index (χ3n) is 5.83. The standard InChI is InChI=1S/C24H30N2O3Si/c1-5-29-23(27)22-18-19(26(4)25-22)16-17-24(2,3)30(28,20-12-8-6-9-13-20)21-14-10-7-11-15-21/h6-15,18,28H,5,16-17H2,1-4H3. The fourth-order valence-electron chi connectivity index (χ4n) is 3.97. The lowest BCUT2D eigenvalue weighted by Crippen LogP contribution is -2.65. The van der Waals surface area contributed by atoms with Crippen LogP contribution in [0.15, 0.2) is 66.7 Å². The highest BCUT2D eigenvalue weighted by atomic mass is 28.4. The molecule has 0 aliphatic heterocycles. The average Bonchev–Trinajstić information content (AvgIpc) is 3.14. The van der Waals surface area contributed by atoms with Gasteiger partial charge in [-0.15, -0.1) is 0 Å². The smallest absolute Gasteiger partial charge is 0.358 e. The number of carbonyl (C=O) groups excluding carboxylic acids is 1. The third-order valence-corrected chi connectivity index (χ3v) is 10.4. The molecular formula is C24H30N2O3Si. The second kappa shape index (κ2) is 8.98. The van der Waals surface area contributed by atoms with Crippen molar-refractivity contribution in [3.63, 3.8) is 0 Å². The maximum Gasteiger partial charge on any atom is 0.358 e. The summed E-state index contributed by atoms with van der Waals surface area (Å²) in [6.07, 6.45) is 1.45. The van der Waals surface area contributed by atoms with E-state index in [4.69, 9.17) is 4.74 Å². The zero-order valence-corrected chi connectivity index (χ0v) is 19.1. The van der Waals surface area contributed by atoms with Gasteiger partial charge >= 0.3 is 5.97 Å². The van der Waals surface area contributed by atoms with Gasteiger partial charge in [0.25, 0.3) is 8.32 Å². The van der Waals surface area contributed by atoms with Crippen LogP contribution in [0.4, 0.5) is 0 Å². The van der Waals surface area contributed by atoms with Crippen molar-refractivity contribution < 1.29 is 14.3 Å². The molecule has 3 aromatic rings. The molecule has 1 aromatic heterocycles. The van der Waals surface area contributed by atoms with Gasteiger partial charge in [0.2, 0.25) is 0 Å². The van der Waals surface area contributed by atoms with E-state index in [0.717, 1.165) is 22.5 Å². The van der Waals surface area contributed by atoms with Crippen LogP contribution in [-0.4, -0.2) is 35.5 Å². The monoisotopic (exact) mass is 422 g/mol. The normalized spacial score (nSPS) is 12.0. The van der Waals surface area contributed by atoms with Crippen LogP contribution in [0.1, 0.15) is 43.4 Å². The summed E-state index contributed by atoms with van der Waals surface area (Å²) in [5, 5.41) is 5.94. The van der Waals surface area contributed by atoms with Crippen molar-refractivity contribution in [1.82, 2.24) is 9.78 Å². The number of aromatic nitrogens is 2. The second-order valence-corrected chi connectivity index (χ2v) is 12.1. The Labute approximate surface area is 179 Å². The molecule has 0 atom stereocenters. The van der Waals surface area contributed by atoms with Crippen molar-refractivity contribution in [2.75, 3.05) is 6.61 Å². The van der Waals surface area contributed by atoms with Crippen LogP contribution in [0.2, 0.25) is 5.04 Å². The Morgan fingerprint density at radius 3 is 2.10 bits per heavy atom. The maximum atomic E-state index is 12.2. The quantitative estimate of drug-likeness (QED) is 0.448. The van der Waals surface area contributed by atoms with Crippen LogP contribution in [0.3, 0.4) is 0 Å². The van der Waals surface area contributed by atoms with Gasteiger partial charge in [-0.2, -0.15) is 5.10 Å². The van der Waals surface area contributed by atoms with Crippen LogP contribution >= 0.6 is 0 Å². The van der Waals surface area contributed by atoms with Crippen LogP contribution in [0.5, 0.6) is 0 Å². The first-order valence-electron chi connectivity index (χ1n) is 10.3. The molecule has 0 saturated carbocycles. The number of hydrogen-bond acceptors (Lipinski definition) is 4. The van der Waals surface area contributed by atoms with Crippen LogP contribution in [0.25, 0.3) is 0 Å². The van der Waals surface area contributed by atoms with E-state index in [0.29, 0.717) is 18.7 Å². The van der Waals surface area contributed by atoms with Gasteiger partial charge in [0.1, 0.15) is 0 Å². The van der Waals surface area contributed by atoms with Crippen LogP contribution in [0, 0.1) is 0 Å². The van der Waals surface area contributed by atoms with E-state index in [-0.39, 0.29) is 5.04 Å². The average molecular weight is 423 g/mol. The Balaban J connectivity index is 1.91. The summed E-state index contributed by atoms with van der Waals surface area (Å²) in [5.41, 5.74) is 1.27. The first-order chi connectivity index (χ1) is 14.3. The van der Waals surface area contributed by atoms with Crippen molar-refractivity contribution in [2.45, 2.75) is 38.7 Å². The molecule has 0 aliphatic rings. The summed E-state index contributed by atoms with van der Waals surface area (Å²) in [5.74, 6) is -0.405. The molecule has 0 amide bonds. The molecule has 0 aliphatic carbocycles. The molecule has 0 radical (unpaired) electrons. The minimum Gasteiger partial charge on any atom is -0.461 e. The predicted octanol–water partition coefficient (Wildman–Crippen LogP) is 3.06. The molecule has 5 nitrogen and oxygen atoms in total. The number of hydrogen-bond donors (Lipinski definition) is 1. The van der Waals surface area contributed by atoms with Crippen LogP contribution < -0.4 is 10.4 Å². The largest absolute Gasteiger partial charge is 0.461 e. The fraction of sp³-hybridized carbons (Fsp3) is 0.333. The van der Waals surface area contributed by atoms with Gasteiger partial charge < -0.3 is 9.53 Å². The molecule has 1 N–H and O–H groups in total. The predicted molar refractivity (Wildman–Crippen MR) is 122 cm³/mol. The van der Waals surface area contributed by atoms with Crippen molar-refractivity contribution in [1.29, 1.82) is 0 Å². The fourth-order valence-corrected chi connectivity index (χ4v) is 7.71. The highest BCUT2D eigenvalue weighted by Crippen LogP contribution is 2.39. The van der Waals surface area contributed by atoms with Gasteiger partial charge in [0, 0.05) is 12.7 Å². The summed E-state index contributed by atoms with van der Waals surface area (Å²) in [4.78, 5) is 24.2. The highest BCUT2D eigenvalue weighted by molar-refractivity contribution is 6.98. The number of benzene rings is 2. The Morgan fingerprint density at radius 2 is 1.60 bits per heavy atom. The molecule has 0 saturated heterocycles. The van der Waals surface area contributed by atoms with E-state index in [1.165, 1.54) is 0 Å². The lowest BCUT2D eigenvalue weighted by atomic mass is 10.0. The number of nitrogens with zero attached hydrogens (tertiary/aromatic N) is 2. The van der Waals surface area contributed by atoms with Gasteiger partial charge in [-0.25, -0.2) is 4.79 Å². The molecule has 3 rings (SSSR count). The first-order valence-corrected chi connectivity index (χ1v) is 12.3. The SMILES string of the molecule is CCOC(=O)c1cc(CCC(C)(C)[Si](O)(c2ccccc2)c2ccccc2)n(C)n1. The van der Waals surface area contributed by atoms with Crippen molar-refractivity contribution in [2.24, 2.45) is 7.05 Å². The molecule has 0 fully saturated rings. The third kappa shape index (κ3) is 4.25. The summed E-state index contributed by atoms with van der Waals surface area (Å²) in [6.45, 7) is 6.39. The number of ether oxygens (including phenoxy) is 1. The number of aryl methyl sites for hydroxylation is 2. The lowest BCUT2D eigenvalue weighted by molar-refractivity contribution is 0.0518. The van der Waals surface area contributed by atoms with Gasteiger partial charge in [-0.05, 0) is 41.2 Å². The number of esters is 1. The Morgan fingerprint density at radius 1 is 1.07 bits per heavy atom. The maximum absolute atomic E-state index is 12.2. The Hall–Kier alpha value is -2.70. The molecule has 30 heavy (non-hydrogen) atoms. The molecule has 6 heteroatoms. The van der Waals surface area contributed by atoms with E-state index in [1.807, 2.05) is 67.7 Å². The minimum atomic E-state index is -3.05. The van der Waals surface area contributed by atoms with Crippen molar-refractivity contribution in [3.8, 4) is 0 Å². The lowest BCUT2D eigenvalue weighted by Gasteiger charge is -2.41. The zero-order valence-electron chi connectivity index (χ0n) is 18.1. The Kier molecular flexibility index (Phi) is 6.58. The van der Waals surface area contributed by atoms with Crippen LogP contribution in [-0.2, 0) is 18.2 Å². The van der Waals surface area contributed by atoms with E-state index >= 15 is 0 Å². The Bertz CT molecular complexity index is 945. The summed E-state index contributed by atoms with van der Waals surface area (Å²) < 4.78 is 6.79. The van der Waals surface area contributed by atoms with Gasteiger partial charge in [-0.3, -0.25) is 4.68 Å². The minimum absolute atomic E-state index is 0.324. The van der Waals surface area contributed by atoms with Gasteiger partial charge in [-0.1, -0.05) is 74.5 Å². The van der Waals surface area contributed by atoms with E-state index in [9.17, 15) is 9.59 Å². The molecule has 0 spiro atoms. The zero-order chi connectivity index (χ0) is 21.8. The summed E-state index contributed by atoms with van der Waals surface area (Å²) in [7, 11) is -1.21. The van der Waals surface area contributed by atoms with Crippen molar-refractivity contribution >= 4 is 24.7 Å². The number of carbonyl (C=O) groups is 1. The molecule has 2 aromatic carbocycles. The van der Waals surface area contributed by atoms with E-state index in [1.54, 1.807) is 17.7 Å². The number of rotatable bonds is 8. The van der Waals surface area contributed by atoms with Gasteiger partial charge in [0.05, 0.1) is 6.61 Å². The summed E-state index contributed by atoms with van der Waals surface area (Å²) in [6, 6.07) is 21.8. The first kappa shape index (κ1) is 22.0. The second-order valence-electron chi connectivity index (χ2n) is 8.19. The van der Waals surface area contributed by atoms with Gasteiger partial charge in [0.15, 0.2) is 5.69 Å². The summed E-state index contributed by atoms with van der Waals surface area (Å²) >= 11 is 0. The van der Waals surface area contributed by atoms with E-state index < -0.39 is 14.3 Å². The molecule has 1 heterocycles. The van der Waals surface area contributed by atoms with E-state index in [2.05, 4.69) is 18.9 Å². The van der Waals surface area contributed by atoms with Crippen molar-refractivity contribution in [3.05, 3.63) is 78.1 Å².